The molecular weight excluding hydrogens is 394 g/mol. The lowest BCUT2D eigenvalue weighted by molar-refractivity contribution is 0.611. The molecule has 0 rings (SSSR count). The highest BCUT2D eigenvalue weighted by molar-refractivity contribution is 9.09. The van der Waals surface area contributed by atoms with Crippen LogP contribution in [0, 0.1) is 0 Å². The van der Waals surface area contributed by atoms with Crippen molar-refractivity contribution >= 4 is 65.8 Å². The Morgan fingerprint density at radius 3 is 1.90 bits per heavy atom. The lowest BCUT2D eigenvalue weighted by Crippen LogP contribution is -2.26. The van der Waals surface area contributed by atoms with Gasteiger partial charge in [0, 0.05) is 16.7 Å². The van der Waals surface area contributed by atoms with Crippen molar-refractivity contribution in [3.63, 3.8) is 0 Å². The number of alkyl halides is 2. The third kappa shape index (κ3) is 9.88. The topological polar surface area (TPSA) is 12.0 Å². The monoisotopic (exact) mass is 403 g/mol. The SMILES string of the molecule is Br.Br.CNC(CBr)CCBr. The van der Waals surface area contributed by atoms with Crippen molar-refractivity contribution in [3.8, 4) is 0 Å². The third-order valence-corrected chi connectivity index (χ3v) is 2.29. The average molecular weight is 407 g/mol. The molecule has 0 heterocycles. The Labute approximate surface area is 101 Å². The molecule has 1 atom stereocenters. The van der Waals surface area contributed by atoms with Gasteiger partial charge in [-0.2, -0.15) is 0 Å². The van der Waals surface area contributed by atoms with Gasteiger partial charge in [0.05, 0.1) is 0 Å². The molecule has 0 saturated carbocycles. The first-order valence-electron chi connectivity index (χ1n) is 2.64. The number of hydrogen-bond donors (Lipinski definition) is 1. The molecule has 0 spiro atoms. The second kappa shape index (κ2) is 13.5. The van der Waals surface area contributed by atoms with Gasteiger partial charge in [-0.3, -0.25) is 0 Å². The Hall–Kier alpha value is 1.88. The van der Waals surface area contributed by atoms with Crippen molar-refractivity contribution in [2.24, 2.45) is 0 Å². The van der Waals surface area contributed by atoms with Crippen LogP contribution in [-0.2, 0) is 0 Å². The summed E-state index contributed by atoms with van der Waals surface area (Å²) in [6.07, 6.45) is 1.18. The molecule has 0 amide bonds. The van der Waals surface area contributed by atoms with E-state index < -0.39 is 0 Å². The molecule has 0 bridgehead atoms. The van der Waals surface area contributed by atoms with Crippen molar-refractivity contribution in [3.05, 3.63) is 0 Å². The zero-order valence-electron chi connectivity index (χ0n) is 5.77. The van der Waals surface area contributed by atoms with E-state index >= 15 is 0 Å². The van der Waals surface area contributed by atoms with Crippen LogP contribution < -0.4 is 5.32 Å². The van der Waals surface area contributed by atoms with E-state index in [-0.39, 0.29) is 34.0 Å². The summed E-state index contributed by atoms with van der Waals surface area (Å²) in [4.78, 5) is 0. The Balaban J connectivity index is -0.000000245. The van der Waals surface area contributed by atoms with Gasteiger partial charge in [0.15, 0.2) is 0 Å². The van der Waals surface area contributed by atoms with Crippen molar-refractivity contribution in [1.29, 1.82) is 0 Å². The first kappa shape index (κ1) is 17.8. The van der Waals surface area contributed by atoms with E-state index in [1.165, 1.54) is 6.42 Å². The van der Waals surface area contributed by atoms with Crippen LogP contribution in [0.15, 0.2) is 0 Å². The third-order valence-electron chi connectivity index (χ3n) is 1.05. The van der Waals surface area contributed by atoms with Crippen molar-refractivity contribution in [1.82, 2.24) is 5.32 Å². The summed E-state index contributed by atoms with van der Waals surface area (Å²) in [6, 6.07) is 0.620. The largest absolute Gasteiger partial charge is 0.316 e. The second-order valence-electron chi connectivity index (χ2n) is 1.62. The van der Waals surface area contributed by atoms with E-state index in [0.29, 0.717) is 6.04 Å². The van der Waals surface area contributed by atoms with Gasteiger partial charge in [-0.1, -0.05) is 31.9 Å². The Morgan fingerprint density at radius 2 is 1.80 bits per heavy atom. The highest BCUT2D eigenvalue weighted by atomic mass is 79.9. The Bertz CT molecular complexity index is 48.9. The molecule has 0 aromatic carbocycles. The molecule has 1 unspecified atom stereocenters. The zero-order valence-corrected chi connectivity index (χ0v) is 12.4. The number of hydrogen-bond acceptors (Lipinski definition) is 1. The number of rotatable bonds is 4. The fourth-order valence-corrected chi connectivity index (χ4v) is 1.63. The summed E-state index contributed by atoms with van der Waals surface area (Å²) in [5.74, 6) is 0. The fraction of sp³-hybridized carbons (Fsp3) is 1.00. The van der Waals surface area contributed by atoms with Crippen LogP contribution in [0.2, 0.25) is 0 Å². The van der Waals surface area contributed by atoms with Gasteiger partial charge in [0.2, 0.25) is 0 Å². The molecule has 0 aromatic heterocycles. The van der Waals surface area contributed by atoms with E-state index in [4.69, 9.17) is 0 Å². The standard InChI is InChI=1S/C5H11Br2N.2BrH/c1-8-5(4-7)2-3-6;;/h5,8H,2-4H2,1H3;2*1H. The first-order valence-corrected chi connectivity index (χ1v) is 4.88. The summed E-state index contributed by atoms with van der Waals surface area (Å²) >= 11 is 6.76. The molecule has 0 aliphatic rings. The molecule has 0 radical (unpaired) electrons. The van der Waals surface area contributed by atoms with Gasteiger partial charge in [-0.05, 0) is 13.5 Å². The van der Waals surface area contributed by atoms with Gasteiger partial charge in [-0.25, -0.2) is 0 Å². The zero-order chi connectivity index (χ0) is 6.41. The fourth-order valence-electron chi connectivity index (χ4n) is 0.430. The predicted molar refractivity (Wildman–Crippen MR) is 65.7 cm³/mol. The summed E-state index contributed by atoms with van der Waals surface area (Å²) in [7, 11) is 1.98. The summed E-state index contributed by atoms with van der Waals surface area (Å²) in [5.41, 5.74) is 0. The minimum Gasteiger partial charge on any atom is -0.316 e. The van der Waals surface area contributed by atoms with E-state index in [9.17, 15) is 0 Å². The van der Waals surface area contributed by atoms with Gasteiger partial charge >= 0.3 is 0 Å². The molecule has 1 N–H and O–H groups in total. The highest BCUT2D eigenvalue weighted by Gasteiger charge is 1.99. The molecular formula is C5H13Br4N. The molecule has 0 aliphatic carbocycles. The normalized spacial score (nSPS) is 11.1. The maximum absolute atomic E-state index is 3.39. The smallest absolute Gasteiger partial charge is 0.0186 e. The average Bonchev–Trinajstić information content (AvgIpc) is 1.83. The minimum atomic E-state index is 0. The first-order chi connectivity index (χ1) is 3.85. The van der Waals surface area contributed by atoms with Crippen LogP contribution in [0.25, 0.3) is 0 Å². The maximum Gasteiger partial charge on any atom is 0.0186 e. The molecule has 10 heavy (non-hydrogen) atoms. The maximum atomic E-state index is 3.39. The van der Waals surface area contributed by atoms with Crippen LogP contribution in [0.3, 0.4) is 0 Å². The van der Waals surface area contributed by atoms with Crippen molar-refractivity contribution in [2.75, 3.05) is 17.7 Å². The van der Waals surface area contributed by atoms with Crippen molar-refractivity contribution < 1.29 is 0 Å². The van der Waals surface area contributed by atoms with E-state index in [0.717, 1.165) is 10.7 Å². The van der Waals surface area contributed by atoms with Gasteiger partial charge in [-0.15, -0.1) is 34.0 Å². The molecule has 1 nitrogen and oxygen atoms in total. The van der Waals surface area contributed by atoms with Crippen LogP contribution in [0.5, 0.6) is 0 Å². The van der Waals surface area contributed by atoms with Crippen LogP contribution >= 0.6 is 65.8 Å². The molecule has 5 heteroatoms. The summed E-state index contributed by atoms with van der Waals surface area (Å²) in [5, 5.41) is 5.29. The Kier molecular flexibility index (Phi) is 24.0. The molecule has 0 saturated heterocycles. The molecule has 0 aliphatic heterocycles. The number of nitrogens with one attached hydrogen (secondary N) is 1. The van der Waals surface area contributed by atoms with E-state index in [2.05, 4.69) is 37.2 Å². The van der Waals surface area contributed by atoms with Crippen LogP contribution in [-0.4, -0.2) is 23.7 Å². The van der Waals surface area contributed by atoms with Crippen LogP contribution in [0.1, 0.15) is 6.42 Å². The lowest BCUT2D eigenvalue weighted by Gasteiger charge is -2.08. The predicted octanol–water partition coefficient (Wildman–Crippen LogP) is 2.91. The highest BCUT2D eigenvalue weighted by Crippen LogP contribution is 1.98. The summed E-state index contributed by atoms with van der Waals surface area (Å²) < 4.78 is 0. The Morgan fingerprint density at radius 1 is 1.30 bits per heavy atom. The van der Waals surface area contributed by atoms with E-state index in [1.54, 1.807) is 0 Å². The number of halogens is 4. The van der Waals surface area contributed by atoms with Crippen molar-refractivity contribution in [2.45, 2.75) is 12.5 Å². The van der Waals surface area contributed by atoms with Gasteiger partial charge in [0.25, 0.3) is 0 Å². The second-order valence-corrected chi connectivity index (χ2v) is 3.06. The molecule has 0 fully saturated rings. The lowest BCUT2D eigenvalue weighted by atomic mass is 10.3. The summed E-state index contributed by atoms with van der Waals surface area (Å²) in [6.45, 7) is 0. The van der Waals surface area contributed by atoms with Gasteiger partial charge < -0.3 is 5.32 Å². The van der Waals surface area contributed by atoms with Gasteiger partial charge in [0.1, 0.15) is 0 Å². The molecule has 66 valence electrons. The minimum absolute atomic E-state index is 0. The quantitative estimate of drug-likeness (QED) is 0.708. The molecule has 0 aromatic rings. The van der Waals surface area contributed by atoms with E-state index in [1.807, 2.05) is 7.05 Å². The van der Waals surface area contributed by atoms with Crippen LogP contribution in [0.4, 0.5) is 0 Å².